The first kappa shape index (κ1) is 17.9. The number of carbonyl (C=O) groups is 1. The Balaban J connectivity index is 1.24. The molecule has 0 aromatic heterocycles. The van der Waals surface area contributed by atoms with Crippen molar-refractivity contribution in [2.75, 3.05) is 32.8 Å². The Labute approximate surface area is 154 Å². The van der Waals surface area contributed by atoms with Gasteiger partial charge in [0.2, 0.25) is 5.91 Å². The zero-order valence-electron chi connectivity index (χ0n) is 15.2. The van der Waals surface area contributed by atoms with Gasteiger partial charge in [-0.05, 0) is 43.4 Å². The van der Waals surface area contributed by atoms with Crippen molar-refractivity contribution in [2.24, 2.45) is 0 Å². The van der Waals surface area contributed by atoms with Crippen molar-refractivity contribution < 1.29 is 13.9 Å². The molecule has 0 radical (unpaired) electrons. The molecule has 6 heteroatoms. The molecule has 5 nitrogen and oxygen atoms in total. The van der Waals surface area contributed by atoms with Crippen LogP contribution in [0.4, 0.5) is 4.39 Å². The highest BCUT2D eigenvalue weighted by Gasteiger charge is 2.34. The van der Waals surface area contributed by atoms with Crippen molar-refractivity contribution in [3.05, 3.63) is 35.6 Å². The van der Waals surface area contributed by atoms with E-state index in [0.717, 1.165) is 64.1 Å². The predicted octanol–water partition coefficient (Wildman–Crippen LogP) is 1.77. The minimum absolute atomic E-state index is 0.0678. The average molecular weight is 361 g/mol. The maximum Gasteiger partial charge on any atom is 0.240 e. The molecule has 1 aromatic rings. The summed E-state index contributed by atoms with van der Waals surface area (Å²) in [7, 11) is 0. The molecule has 1 aromatic carbocycles. The Morgan fingerprint density at radius 2 is 1.85 bits per heavy atom. The van der Waals surface area contributed by atoms with Crippen LogP contribution in [0.3, 0.4) is 0 Å². The van der Waals surface area contributed by atoms with Crippen molar-refractivity contribution in [3.8, 4) is 0 Å². The smallest absolute Gasteiger partial charge is 0.240 e. The van der Waals surface area contributed by atoms with Crippen molar-refractivity contribution in [1.82, 2.24) is 15.1 Å². The molecule has 0 saturated carbocycles. The van der Waals surface area contributed by atoms with E-state index in [9.17, 15) is 9.18 Å². The van der Waals surface area contributed by atoms with Crippen LogP contribution >= 0.6 is 0 Å². The number of benzene rings is 1. The van der Waals surface area contributed by atoms with Gasteiger partial charge < -0.3 is 15.0 Å². The molecule has 0 aliphatic carbocycles. The number of piperidine rings is 1. The van der Waals surface area contributed by atoms with E-state index >= 15 is 0 Å². The third-order valence-electron chi connectivity index (χ3n) is 5.97. The Hall–Kier alpha value is -1.50. The minimum atomic E-state index is -0.239. The third-order valence-corrected chi connectivity index (χ3v) is 5.97. The molecular weight excluding hydrogens is 333 g/mol. The summed E-state index contributed by atoms with van der Waals surface area (Å²) in [6.45, 7) is 5.28. The van der Waals surface area contributed by atoms with Crippen molar-refractivity contribution in [2.45, 2.75) is 50.4 Å². The molecule has 3 aliphatic rings. The first-order valence-corrected chi connectivity index (χ1v) is 9.80. The monoisotopic (exact) mass is 361 g/mol. The van der Waals surface area contributed by atoms with E-state index in [2.05, 4.69) is 10.2 Å². The normalized spacial score (nSPS) is 28.2. The molecule has 0 bridgehead atoms. The first-order chi connectivity index (χ1) is 12.7. The third kappa shape index (κ3) is 4.08. The lowest BCUT2D eigenvalue weighted by atomic mass is 10.0. The van der Waals surface area contributed by atoms with E-state index in [4.69, 9.17) is 4.74 Å². The second-order valence-electron chi connectivity index (χ2n) is 7.72. The summed E-state index contributed by atoms with van der Waals surface area (Å²) in [6, 6.07) is 7.37. The molecule has 3 aliphatic heterocycles. The Morgan fingerprint density at radius 1 is 1.08 bits per heavy atom. The van der Waals surface area contributed by atoms with Gasteiger partial charge in [-0.3, -0.25) is 9.69 Å². The molecule has 1 N–H and O–H groups in total. The van der Waals surface area contributed by atoms with Crippen LogP contribution in [0.2, 0.25) is 0 Å². The van der Waals surface area contributed by atoms with Gasteiger partial charge in [-0.1, -0.05) is 12.1 Å². The van der Waals surface area contributed by atoms with E-state index in [1.807, 2.05) is 4.90 Å². The molecule has 26 heavy (non-hydrogen) atoms. The number of nitrogens with one attached hydrogen (secondary N) is 1. The van der Waals surface area contributed by atoms with E-state index in [0.29, 0.717) is 18.6 Å². The van der Waals surface area contributed by atoms with Gasteiger partial charge >= 0.3 is 0 Å². The van der Waals surface area contributed by atoms with E-state index in [1.165, 1.54) is 12.1 Å². The maximum atomic E-state index is 13.0. The molecule has 4 rings (SSSR count). The van der Waals surface area contributed by atoms with Gasteiger partial charge in [0.1, 0.15) is 5.82 Å². The summed E-state index contributed by atoms with van der Waals surface area (Å²) in [5.74, 6) is -0.0579. The van der Waals surface area contributed by atoms with Gasteiger partial charge in [0.15, 0.2) is 0 Å². The summed E-state index contributed by atoms with van der Waals surface area (Å²) < 4.78 is 18.5. The molecular formula is C20H28FN3O2. The number of amides is 1. The average Bonchev–Trinajstić information content (AvgIpc) is 3.30. The van der Waals surface area contributed by atoms with Gasteiger partial charge in [0, 0.05) is 44.9 Å². The van der Waals surface area contributed by atoms with Crippen molar-refractivity contribution in [1.29, 1.82) is 0 Å². The van der Waals surface area contributed by atoms with Crippen LogP contribution in [0.15, 0.2) is 24.3 Å². The Bertz CT molecular complexity index is 610. The van der Waals surface area contributed by atoms with Crippen LogP contribution in [0, 0.1) is 5.82 Å². The number of rotatable bonds is 5. The molecule has 1 amide bonds. The highest BCUT2D eigenvalue weighted by atomic mass is 19.1. The summed E-state index contributed by atoms with van der Waals surface area (Å²) in [6.07, 6.45) is 4.20. The zero-order valence-corrected chi connectivity index (χ0v) is 15.2. The summed E-state index contributed by atoms with van der Waals surface area (Å²) in [5, 5.41) is 3.59. The fraction of sp³-hybridized carbons (Fsp3) is 0.650. The molecule has 3 heterocycles. The second-order valence-corrected chi connectivity index (χ2v) is 7.72. The lowest BCUT2D eigenvalue weighted by molar-refractivity contribution is -0.130. The SMILES string of the molecule is O=C1C(NC2CCN(C3CCOC3)CC2)CCN1Cc1ccc(F)cc1. The lowest BCUT2D eigenvalue weighted by Gasteiger charge is -2.36. The van der Waals surface area contributed by atoms with Crippen LogP contribution in [-0.4, -0.2) is 66.7 Å². The summed E-state index contributed by atoms with van der Waals surface area (Å²) in [4.78, 5) is 17.1. The van der Waals surface area contributed by atoms with Crippen molar-refractivity contribution in [3.63, 3.8) is 0 Å². The molecule has 2 atom stereocenters. The maximum absolute atomic E-state index is 13.0. The number of hydrogen-bond donors (Lipinski definition) is 1. The number of likely N-dealkylation sites (tertiary alicyclic amines) is 2. The second kappa shape index (κ2) is 8.03. The van der Waals surface area contributed by atoms with Crippen LogP contribution in [0.5, 0.6) is 0 Å². The summed E-state index contributed by atoms with van der Waals surface area (Å²) in [5.41, 5.74) is 0.979. The van der Waals surface area contributed by atoms with Gasteiger partial charge in [-0.25, -0.2) is 4.39 Å². The highest BCUT2D eigenvalue weighted by molar-refractivity contribution is 5.84. The minimum Gasteiger partial charge on any atom is -0.380 e. The molecule has 3 saturated heterocycles. The van der Waals surface area contributed by atoms with Gasteiger partial charge in [-0.15, -0.1) is 0 Å². The quantitative estimate of drug-likeness (QED) is 0.868. The zero-order chi connectivity index (χ0) is 17.9. The number of nitrogens with zero attached hydrogens (tertiary/aromatic N) is 2. The van der Waals surface area contributed by atoms with Gasteiger partial charge in [0.25, 0.3) is 0 Å². The van der Waals surface area contributed by atoms with E-state index in [-0.39, 0.29) is 17.8 Å². The lowest BCUT2D eigenvalue weighted by Crippen LogP contribution is -2.50. The number of halogens is 1. The van der Waals surface area contributed by atoms with Crippen LogP contribution < -0.4 is 5.32 Å². The highest BCUT2D eigenvalue weighted by Crippen LogP contribution is 2.21. The number of hydrogen-bond acceptors (Lipinski definition) is 4. The van der Waals surface area contributed by atoms with E-state index < -0.39 is 0 Å². The van der Waals surface area contributed by atoms with Gasteiger partial charge in [0.05, 0.1) is 12.6 Å². The van der Waals surface area contributed by atoms with Crippen LogP contribution in [0.1, 0.15) is 31.2 Å². The van der Waals surface area contributed by atoms with E-state index in [1.54, 1.807) is 12.1 Å². The fourth-order valence-electron chi connectivity index (χ4n) is 4.39. The van der Waals surface area contributed by atoms with Crippen LogP contribution in [-0.2, 0) is 16.1 Å². The molecule has 142 valence electrons. The Morgan fingerprint density at radius 3 is 2.54 bits per heavy atom. The predicted molar refractivity (Wildman–Crippen MR) is 97.2 cm³/mol. The van der Waals surface area contributed by atoms with Crippen LogP contribution in [0.25, 0.3) is 0 Å². The molecule has 3 fully saturated rings. The molecule has 2 unspecified atom stereocenters. The standard InChI is InChI=1S/C20H28FN3O2/c21-16-3-1-15(2-4-16)13-24-11-7-19(20(24)25)22-17-5-9-23(10-6-17)18-8-12-26-14-18/h1-4,17-19,22H,5-14H2. The van der Waals surface area contributed by atoms with Crippen molar-refractivity contribution >= 4 is 5.91 Å². The number of ether oxygens (including phenoxy) is 1. The first-order valence-electron chi connectivity index (χ1n) is 9.80. The molecule has 0 spiro atoms. The number of carbonyl (C=O) groups excluding carboxylic acids is 1. The largest absolute Gasteiger partial charge is 0.380 e. The topological polar surface area (TPSA) is 44.8 Å². The summed E-state index contributed by atoms with van der Waals surface area (Å²) >= 11 is 0. The fourth-order valence-corrected chi connectivity index (χ4v) is 4.39. The van der Waals surface area contributed by atoms with Gasteiger partial charge in [-0.2, -0.15) is 0 Å². The Kier molecular flexibility index (Phi) is 5.52.